The highest BCUT2D eigenvalue weighted by Gasteiger charge is 2.45. The molecule has 2 aliphatic rings. The summed E-state index contributed by atoms with van der Waals surface area (Å²) in [5.74, 6) is 0.270. The quantitative estimate of drug-likeness (QED) is 0.894. The number of nitrogens with zero attached hydrogens (tertiary/aromatic N) is 5. The van der Waals surface area contributed by atoms with Crippen LogP contribution in [-0.2, 0) is 23.3 Å². The van der Waals surface area contributed by atoms with Crippen LogP contribution in [0.1, 0.15) is 48.5 Å². The van der Waals surface area contributed by atoms with Crippen LogP contribution in [0.25, 0.3) is 0 Å². The van der Waals surface area contributed by atoms with Crippen LogP contribution in [0.2, 0.25) is 0 Å². The molecule has 0 aromatic carbocycles. The first-order valence-corrected chi connectivity index (χ1v) is 10.0. The third kappa shape index (κ3) is 3.29. The van der Waals surface area contributed by atoms with Gasteiger partial charge in [-0.1, -0.05) is 0 Å². The van der Waals surface area contributed by atoms with Gasteiger partial charge in [-0.05, 0) is 46.2 Å². The van der Waals surface area contributed by atoms with E-state index in [1.165, 1.54) is 11.4 Å². The third-order valence-corrected chi connectivity index (χ3v) is 6.39. The first-order chi connectivity index (χ1) is 13.0. The van der Waals surface area contributed by atoms with E-state index in [1.54, 1.807) is 0 Å². The number of rotatable bonds is 4. The van der Waals surface area contributed by atoms with Gasteiger partial charge >= 0.3 is 0 Å². The van der Waals surface area contributed by atoms with Crippen molar-refractivity contribution >= 4 is 5.91 Å². The van der Waals surface area contributed by atoms with E-state index in [0.29, 0.717) is 6.42 Å². The van der Waals surface area contributed by atoms with Gasteiger partial charge in [0.2, 0.25) is 5.91 Å². The van der Waals surface area contributed by atoms with E-state index in [4.69, 9.17) is 0 Å². The minimum absolute atomic E-state index is 0.00589. The molecule has 4 rings (SSSR count). The summed E-state index contributed by atoms with van der Waals surface area (Å²) in [7, 11) is 2.20. The molecule has 1 fully saturated rings. The fourth-order valence-corrected chi connectivity index (χ4v) is 4.77. The second-order valence-electron chi connectivity index (χ2n) is 8.07. The Hall–Kier alpha value is -2.15. The molecule has 0 unspecified atom stereocenters. The Balaban J connectivity index is 1.33. The fourth-order valence-electron chi connectivity index (χ4n) is 4.77. The molecule has 2 aromatic rings. The average Bonchev–Trinajstić information content (AvgIpc) is 3.26. The summed E-state index contributed by atoms with van der Waals surface area (Å²) in [6.45, 7) is 7.56. The van der Waals surface area contributed by atoms with Crippen LogP contribution in [0, 0.1) is 13.8 Å². The summed E-state index contributed by atoms with van der Waals surface area (Å²) in [5.41, 5.74) is 4.67. The van der Waals surface area contributed by atoms with Gasteiger partial charge in [-0.25, -0.2) is 4.98 Å². The van der Waals surface area contributed by atoms with Gasteiger partial charge in [-0.15, -0.1) is 0 Å². The lowest BCUT2D eigenvalue weighted by molar-refractivity contribution is -0.134. The number of fused-ring (bicyclic) bond motifs is 2. The van der Waals surface area contributed by atoms with E-state index in [2.05, 4.69) is 40.0 Å². The standard InChI is InChI=1S/C20H30N6O/c1-15-13-16(2)26(23-15)9-4-5-18(27)25-11-7-20(8-12-25)19-17(21-14-22-19)6-10-24(20)3/h13-14H,4-12H2,1-3H3,(H,21,22). The molecule has 0 radical (unpaired) electrons. The number of likely N-dealkylation sites (N-methyl/N-ethyl adjacent to an activating group) is 1. The van der Waals surface area contributed by atoms with E-state index in [-0.39, 0.29) is 11.4 Å². The number of aromatic amines is 1. The Labute approximate surface area is 160 Å². The molecular formula is C20H30N6O. The molecule has 2 aromatic heterocycles. The van der Waals surface area contributed by atoms with Crippen LogP contribution in [0.15, 0.2) is 12.4 Å². The number of nitrogens with one attached hydrogen (secondary N) is 1. The molecule has 1 amide bonds. The van der Waals surface area contributed by atoms with E-state index in [1.807, 2.05) is 22.8 Å². The number of aryl methyl sites for hydroxylation is 3. The molecule has 1 saturated heterocycles. The SMILES string of the molecule is Cc1cc(C)n(CCCC(=O)N2CCC3(CC2)c2nc[nH]c2CCN3C)n1. The molecule has 0 saturated carbocycles. The molecule has 7 nitrogen and oxygen atoms in total. The zero-order valence-corrected chi connectivity index (χ0v) is 16.7. The van der Waals surface area contributed by atoms with Gasteiger partial charge in [0, 0.05) is 50.4 Å². The molecule has 1 spiro atoms. The summed E-state index contributed by atoms with van der Waals surface area (Å²) < 4.78 is 2.00. The van der Waals surface area contributed by atoms with Crippen LogP contribution in [-0.4, -0.2) is 62.1 Å². The first-order valence-electron chi connectivity index (χ1n) is 10.0. The first kappa shape index (κ1) is 18.2. The van der Waals surface area contributed by atoms with Crippen LogP contribution >= 0.6 is 0 Å². The summed E-state index contributed by atoms with van der Waals surface area (Å²) >= 11 is 0. The number of imidazole rings is 1. The lowest BCUT2D eigenvalue weighted by Crippen LogP contribution is -2.55. The Morgan fingerprint density at radius 1 is 1.26 bits per heavy atom. The van der Waals surface area contributed by atoms with Crippen molar-refractivity contribution in [1.29, 1.82) is 0 Å². The molecule has 0 atom stereocenters. The third-order valence-electron chi connectivity index (χ3n) is 6.39. The number of carbonyl (C=O) groups excluding carboxylic acids is 1. The molecule has 1 N–H and O–H groups in total. The van der Waals surface area contributed by atoms with Crippen LogP contribution in [0.4, 0.5) is 0 Å². The lowest BCUT2D eigenvalue weighted by Gasteiger charge is -2.49. The normalized spacial score (nSPS) is 19.4. The van der Waals surface area contributed by atoms with Crippen molar-refractivity contribution in [3.05, 3.63) is 35.2 Å². The molecular weight excluding hydrogens is 340 g/mol. The van der Waals surface area contributed by atoms with Gasteiger partial charge < -0.3 is 9.88 Å². The van der Waals surface area contributed by atoms with Gasteiger partial charge in [0.25, 0.3) is 0 Å². The minimum atomic E-state index is -0.00589. The van der Waals surface area contributed by atoms with Crippen molar-refractivity contribution in [2.75, 3.05) is 26.7 Å². The lowest BCUT2D eigenvalue weighted by atomic mass is 9.79. The molecule has 0 bridgehead atoms. The summed E-state index contributed by atoms with van der Waals surface area (Å²) in [5, 5.41) is 4.48. The molecule has 2 aliphatic heterocycles. The van der Waals surface area contributed by atoms with Crippen molar-refractivity contribution in [2.45, 2.75) is 58.0 Å². The predicted octanol–water partition coefficient (Wildman–Crippen LogP) is 2.01. The molecule has 27 heavy (non-hydrogen) atoms. The highest BCUT2D eigenvalue weighted by molar-refractivity contribution is 5.76. The predicted molar refractivity (Wildman–Crippen MR) is 103 cm³/mol. The highest BCUT2D eigenvalue weighted by atomic mass is 16.2. The second kappa shape index (κ2) is 7.11. The Kier molecular flexibility index (Phi) is 4.80. The monoisotopic (exact) mass is 370 g/mol. The molecule has 0 aliphatic carbocycles. The van der Waals surface area contributed by atoms with E-state index >= 15 is 0 Å². The summed E-state index contributed by atoms with van der Waals surface area (Å²) in [4.78, 5) is 25.1. The number of piperidine rings is 1. The Bertz CT molecular complexity index is 814. The maximum Gasteiger partial charge on any atom is 0.222 e. The molecule has 4 heterocycles. The topological polar surface area (TPSA) is 70.1 Å². The van der Waals surface area contributed by atoms with Crippen LogP contribution < -0.4 is 0 Å². The maximum atomic E-state index is 12.7. The van der Waals surface area contributed by atoms with Gasteiger partial charge in [-0.2, -0.15) is 5.10 Å². The van der Waals surface area contributed by atoms with Crippen molar-refractivity contribution in [1.82, 2.24) is 29.5 Å². The van der Waals surface area contributed by atoms with Gasteiger partial charge in [0.1, 0.15) is 0 Å². The summed E-state index contributed by atoms with van der Waals surface area (Å²) in [6.07, 6.45) is 6.21. The average molecular weight is 371 g/mol. The van der Waals surface area contributed by atoms with Crippen LogP contribution in [0.5, 0.6) is 0 Å². The molecule has 146 valence electrons. The fraction of sp³-hybridized carbons (Fsp3) is 0.650. The highest BCUT2D eigenvalue weighted by Crippen LogP contribution is 2.41. The number of amides is 1. The number of carbonyl (C=O) groups is 1. The van der Waals surface area contributed by atoms with E-state index in [0.717, 1.165) is 63.3 Å². The number of aromatic nitrogens is 4. The zero-order valence-electron chi connectivity index (χ0n) is 16.7. The van der Waals surface area contributed by atoms with Crippen LogP contribution in [0.3, 0.4) is 0 Å². The number of likely N-dealkylation sites (tertiary alicyclic amines) is 1. The zero-order chi connectivity index (χ0) is 19.0. The van der Waals surface area contributed by atoms with Crippen molar-refractivity contribution in [3.8, 4) is 0 Å². The number of hydrogen-bond donors (Lipinski definition) is 1. The van der Waals surface area contributed by atoms with Crippen molar-refractivity contribution in [3.63, 3.8) is 0 Å². The largest absolute Gasteiger partial charge is 0.348 e. The maximum absolute atomic E-state index is 12.7. The van der Waals surface area contributed by atoms with Gasteiger partial charge in [0.05, 0.1) is 23.3 Å². The summed E-state index contributed by atoms with van der Waals surface area (Å²) in [6, 6.07) is 2.08. The van der Waals surface area contributed by atoms with Gasteiger partial charge in [0.15, 0.2) is 0 Å². The number of H-pyrrole nitrogens is 1. The van der Waals surface area contributed by atoms with E-state index < -0.39 is 0 Å². The second-order valence-corrected chi connectivity index (χ2v) is 8.07. The minimum Gasteiger partial charge on any atom is -0.348 e. The van der Waals surface area contributed by atoms with E-state index in [9.17, 15) is 4.79 Å². The Morgan fingerprint density at radius 3 is 2.74 bits per heavy atom. The smallest absolute Gasteiger partial charge is 0.222 e. The molecule has 7 heteroatoms. The Morgan fingerprint density at radius 2 is 2.04 bits per heavy atom. The van der Waals surface area contributed by atoms with Crippen molar-refractivity contribution in [2.24, 2.45) is 0 Å². The van der Waals surface area contributed by atoms with Gasteiger partial charge in [-0.3, -0.25) is 14.4 Å². The number of hydrogen-bond acceptors (Lipinski definition) is 4. The van der Waals surface area contributed by atoms with Crippen molar-refractivity contribution < 1.29 is 4.79 Å².